The summed E-state index contributed by atoms with van der Waals surface area (Å²) < 4.78 is 0. The first-order chi connectivity index (χ1) is 8.36. The van der Waals surface area contributed by atoms with Gasteiger partial charge in [-0.3, -0.25) is 4.90 Å². The standard InChI is InChI=1S/C15H25NS/c1-2-11-16(12-7-4-8-13-17)14-15-9-5-3-6-10-15/h3,5-6,9-10,17H,2,4,7-8,11-14H2,1H3. The van der Waals surface area contributed by atoms with Crippen molar-refractivity contribution < 1.29 is 0 Å². The van der Waals surface area contributed by atoms with Crippen LogP contribution in [-0.4, -0.2) is 23.7 Å². The molecule has 1 nitrogen and oxygen atoms in total. The molecule has 1 rings (SSSR count). The Balaban J connectivity index is 2.32. The molecule has 96 valence electrons. The summed E-state index contributed by atoms with van der Waals surface area (Å²) in [4.78, 5) is 2.56. The molecule has 0 bridgehead atoms. The molecule has 0 aliphatic heterocycles. The Morgan fingerprint density at radius 1 is 1.00 bits per heavy atom. The van der Waals surface area contributed by atoms with Crippen molar-refractivity contribution >= 4 is 12.6 Å². The van der Waals surface area contributed by atoms with Crippen LogP contribution in [0, 0.1) is 0 Å². The highest BCUT2D eigenvalue weighted by Crippen LogP contribution is 2.07. The van der Waals surface area contributed by atoms with Gasteiger partial charge in [-0.1, -0.05) is 43.7 Å². The van der Waals surface area contributed by atoms with Gasteiger partial charge in [0, 0.05) is 6.54 Å². The summed E-state index contributed by atoms with van der Waals surface area (Å²) in [5, 5.41) is 0. The second kappa shape index (κ2) is 9.55. The van der Waals surface area contributed by atoms with Crippen molar-refractivity contribution in [2.75, 3.05) is 18.8 Å². The highest BCUT2D eigenvalue weighted by atomic mass is 32.1. The molecule has 0 amide bonds. The predicted molar refractivity (Wildman–Crippen MR) is 79.7 cm³/mol. The monoisotopic (exact) mass is 251 g/mol. The average Bonchev–Trinajstić information content (AvgIpc) is 2.36. The molecule has 17 heavy (non-hydrogen) atoms. The molecule has 0 spiro atoms. The number of benzene rings is 1. The van der Waals surface area contributed by atoms with Crippen LogP contribution >= 0.6 is 12.6 Å². The van der Waals surface area contributed by atoms with Crippen LogP contribution < -0.4 is 0 Å². The van der Waals surface area contributed by atoms with Gasteiger partial charge in [0.1, 0.15) is 0 Å². The molecule has 0 unspecified atom stereocenters. The van der Waals surface area contributed by atoms with Crippen molar-refractivity contribution in [1.82, 2.24) is 4.90 Å². The topological polar surface area (TPSA) is 3.24 Å². The lowest BCUT2D eigenvalue weighted by Gasteiger charge is -2.21. The maximum Gasteiger partial charge on any atom is 0.0233 e. The molecule has 2 heteroatoms. The zero-order chi connectivity index (χ0) is 12.3. The summed E-state index contributed by atoms with van der Waals surface area (Å²) in [6.45, 7) is 5.77. The maximum absolute atomic E-state index is 4.25. The van der Waals surface area contributed by atoms with E-state index in [9.17, 15) is 0 Å². The third-order valence-electron chi connectivity index (χ3n) is 2.92. The molecular formula is C15H25NS. The SMILES string of the molecule is CCCN(CCCCCS)Cc1ccccc1. The third-order valence-corrected chi connectivity index (χ3v) is 3.24. The van der Waals surface area contributed by atoms with E-state index in [1.807, 2.05) is 0 Å². The van der Waals surface area contributed by atoms with Crippen LogP contribution in [0.2, 0.25) is 0 Å². The second-order valence-corrected chi connectivity index (χ2v) is 4.99. The van der Waals surface area contributed by atoms with Gasteiger partial charge in [-0.2, -0.15) is 12.6 Å². The molecule has 0 atom stereocenters. The van der Waals surface area contributed by atoms with E-state index in [1.54, 1.807) is 0 Å². The Morgan fingerprint density at radius 3 is 2.41 bits per heavy atom. The average molecular weight is 251 g/mol. The molecule has 0 fully saturated rings. The van der Waals surface area contributed by atoms with Gasteiger partial charge >= 0.3 is 0 Å². The van der Waals surface area contributed by atoms with Crippen LogP contribution in [0.5, 0.6) is 0 Å². The van der Waals surface area contributed by atoms with Crippen LogP contribution in [0.3, 0.4) is 0 Å². The third kappa shape index (κ3) is 6.75. The summed E-state index contributed by atoms with van der Waals surface area (Å²) in [6.07, 6.45) is 5.08. The van der Waals surface area contributed by atoms with Crippen molar-refractivity contribution in [3.63, 3.8) is 0 Å². The van der Waals surface area contributed by atoms with Crippen LogP contribution in [0.1, 0.15) is 38.2 Å². The van der Waals surface area contributed by atoms with E-state index < -0.39 is 0 Å². The summed E-state index contributed by atoms with van der Waals surface area (Å²) in [7, 11) is 0. The highest BCUT2D eigenvalue weighted by Gasteiger charge is 2.04. The van der Waals surface area contributed by atoms with Crippen LogP contribution in [0.15, 0.2) is 30.3 Å². The van der Waals surface area contributed by atoms with Gasteiger partial charge in [0.2, 0.25) is 0 Å². The Labute approximate surface area is 112 Å². The largest absolute Gasteiger partial charge is 0.299 e. The van der Waals surface area contributed by atoms with E-state index in [-0.39, 0.29) is 0 Å². The van der Waals surface area contributed by atoms with Crippen molar-refractivity contribution in [1.29, 1.82) is 0 Å². The van der Waals surface area contributed by atoms with Gasteiger partial charge in [0.05, 0.1) is 0 Å². The van der Waals surface area contributed by atoms with E-state index in [0.717, 1.165) is 12.3 Å². The first kappa shape index (κ1) is 14.6. The van der Waals surface area contributed by atoms with Crippen molar-refractivity contribution in [2.45, 2.75) is 39.2 Å². The molecule has 0 N–H and O–H groups in total. The Hall–Kier alpha value is -0.470. The van der Waals surface area contributed by atoms with Crippen LogP contribution in [-0.2, 0) is 6.54 Å². The summed E-state index contributed by atoms with van der Waals surface area (Å²) >= 11 is 4.25. The maximum atomic E-state index is 4.25. The summed E-state index contributed by atoms with van der Waals surface area (Å²) in [5.74, 6) is 1.02. The second-order valence-electron chi connectivity index (χ2n) is 4.55. The molecule has 0 aromatic heterocycles. The van der Waals surface area contributed by atoms with E-state index in [2.05, 4.69) is 54.8 Å². The zero-order valence-electron chi connectivity index (χ0n) is 10.9. The van der Waals surface area contributed by atoms with E-state index >= 15 is 0 Å². The van der Waals surface area contributed by atoms with Gasteiger partial charge < -0.3 is 0 Å². The molecular weight excluding hydrogens is 226 g/mol. The smallest absolute Gasteiger partial charge is 0.0233 e. The molecule has 0 aliphatic rings. The molecule has 0 saturated carbocycles. The number of nitrogens with zero attached hydrogens (tertiary/aromatic N) is 1. The van der Waals surface area contributed by atoms with Crippen molar-refractivity contribution in [3.05, 3.63) is 35.9 Å². The van der Waals surface area contributed by atoms with E-state index in [1.165, 1.54) is 44.3 Å². The summed E-state index contributed by atoms with van der Waals surface area (Å²) in [6, 6.07) is 10.8. The van der Waals surface area contributed by atoms with Crippen LogP contribution in [0.25, 0.3) is 0 Å². The first-order valence-corrected chi connectivity index (χ1v) is 7.37. The molecule has 0 radical (unpaired) electrons. The van der Waals surface area contributed by atoms with Gasteiger partial charge in [-0.25, -0.2) is 0 Å². The fourth-order valence-electron chi connectivity index (χ4n) is 2.05. The minimum atomic E-state index is 1.02. The number of unbranched alkanes of at least 4 members (excludes halogenated alkanes) is 2. The van der Waals surface area contributed by atoms with Gasteiger partial charge in [-0.15, -0.1) is 0 Å². The lowest BCUT2D eigenvalue weighted by Crippen LogP contribution is -2.25. The van der Waals surface area contributed by atoms with Crippen molar-refractivity contribution in [3.8, 4) is 0 Å². The Kier molecular flexibility index (Phi) is 8.20. The predicted octanol–water partition coefficient (Wildman–Crippen LogP) is 4.00. The fraction of sp³-hybridized carbons (Fsp3) is 0.600. The Bertz CT molecular complexity index is 274. The minimum Gasteiger partial charge on any atom is -0.299 e. The van der Waals surface area contributed by atoms with Crippen LogP contribution in [0.4, 0.5) is 0 Å². The number of thiol groups is 1. The molecule has 1 aromatic rings. The van der Waals surface area contributed by atoms with Gasteiger partial charge in [0.15, 0.2) is 0 Å². The van der Waals surface area contributed by atoms with E-state index in [4.69, 9.17) is 0 Å². The molecule has 1 aromatic carbocycles. The lowest BCUT2D eigenvalue weighted by atomic mass is 10.2. The lowest BCUT2D eigenvalue weighted by molar-refractivity contribution is 0.260. The highest BCUT2D eigenvalue weighted by molar-refractivity contribution is 7.80. The number of rotatable bonds is 9. The molecule has 0 heterocycles. The molecule has 0 aliphatic carbocycles. The van der Waals surface area contributed by atoms with Crippen molar-refractivity contribution in [2.24, 2.45) is 0 Å². The normalized spacial score (nSPS) is 11.0. The minimum absolute atomic E-state index is 1.02. The van der Waals surface area contributed by atoms with Gasteiger partial charge in [-0.05, 0) is 43.7 Å². The first-order valence-electron chi connectivity index (χ1n) is 6.74. The summed E-state index contributed by atoms with van der Waals surface area (Å²) in [5.41, 5.74) is 1.43. The fourth-order valence-corrected chi connectivity index (χ4v) is 2.28. The number of hydrogen-bond acceptors (Lipinski definition) is 2. The number of hydrogen-bond donors (Lipinski definition) is 1. The Morgan fingerprint density at radius 2 is 1.76 bits per heavy atom. The van der Waals surface area contributed by atoms with E-state index in [0.29, 0.717) is 0 Å². The molecule has 0 saturated heterocycles. The zero-order valence-corrected chi connectivity index (χ0v) is 11.8. The quantitative estimate of drug-likeness (QED) is 0.513. The van der Waals surface area contributed by atoms with Gasteiger partial charge in [0.25, 0.3) is 0 Å².